The highest BCUT2D eigenvalue weighted by Gasteiger charge is 2.21. The number of aromatic amines is 1. The van der Waals surface area contributed by atoms with Gasteiger partial charge in [-0.05, 0) is 35.2 Å². The highest BCUT2D eigenvalue weighted by Crippen LogP contribution is 2.34. The van der Waals surface area contributed by atoms with Crippen molar-refractivity contribution >= 4 is 0 Å². The zero-order valence-electron chi connectivity index (χ0n) is 15.2. The van der Waals surface area contributed by atoms with Crippen LogP contribution < -0.4 is 9.47 Å². The van der Waals surface area contributed by atoms with Crippen LogP contribution in [0.15, 0.2) is 48.7 Å². The largest absolute Gasteiger partial charge is 0.493 e. The molecule has 0 bridgehead atoms. The van der Waals surface area contributed by atoms with E-state index in [0.29, 0.717) is 0 Å². The van der Waals surface area contributed by atoms with Crippen LogP contribution in [0.5, 0.6) is 11.5 Å². The predicted octanol–water partition coefficient (Wildman–Crippen LogP) is 3.65. The summed E-state index contributed by atoms with van der Waals surface area (Å²) in [5, 5.41) is 7.42. The van der Waals surface area contributed by atoms with E-state index < -0.39 is 0 Å². The van der Waals surface area contributed by atoms with Gasteiger partial charge in [0.25, 0.3) is 0 Å². The molecule has 1 aliphatic heterocycles. The highest BCUT2D eigenvalue weighted by atomic mass is 16.5. The first kappa shape index (κ1) is 16.7. The van der Waals surface area contributed by atoms with E-state index in [1.54, 1.807) is 14.2 Å². The molecule has 26 heavy (non-hydrogen) atoms. The molecule has 4 rings (SSSR count). The van der Waals surface area contributed by atoms with E-state index in [2.05, 4.69) is 51.5 Å². The Morgan fingerprint density at radius 1 is 1.04 bits per heavy atom. The third kappa shape index (κ3) is 3.18. The molecule has 1 aliphatic rings. The molecule has 0 radical (unpaired) electrons. The lowest BCUT2D eigenvalue weighted by atomic mass is 9.98. The number of fused-ring (bicyclic) bond motifs is 1. The van der Waals surface area contributed by atoms with E-state index >= 15 is 0 Å². The zero-order chi connectivity index (χ0) is 17.9. The van der Waals surface area contributed by atoms with Crippen LogP contribution in [0, 0.1) is 0 Å². The van der Waals surface area contributed by atoms with Crippen molar-refractivity contribution in [3.8, 4) is 22.8 Å². The minimum absolute atomic E-state index is 0.793. The van der Waals surface area contributed by atoms with Crippen LogP contribution in [0.4, 0.5) is 0 Å². The van der Waals surface area contributed by atoms with E-state index in [1.807, 2.05) is 12.3 Å². The van der Waals surface area contributed by atoms with Gasteiger partial charge >= 0.3 is 0 Å². The Bertz CT molecular complexity index is 890. The van der Waals surface area contributed by atoms with Gasteiger partial charge < -0.3 is 9.47 Å². The molecule has 5 nitrogen and oxygen atoms in total. The Kier molecular flexibility index (Phi) is 4.63. The summed E-state index contributed by atoms with van der Waals surface area (Å²) in [6.07, 6.45) is 2.95. The van der Waals surface area contributed by atoms with E-state index in [4.69, 9.17) is 9.47 Å². The molecule has 0 unspecified atom stereocenters. The standard InChI is InChI=1S/C21H23N3O2/c1-25-19-10-16-8-9-24(13-17(16)11-20(19)26-2)14-18-12-22-23-21(18)15-6-4-3-5-7-15/h3-7,10-12H,8-9,13-14H2,1-2H3,(H,22,23). The number of nitrogens with one attached hydrogen (secondary N) is 1. The highest BCUT2D eigenvalue weighted by molar-refractivity contribution is 5.62. The number of H-pyrrole nitrogens is 1. The summed E-state index contributed by atoms with van der Waals surface area (Å²) < 4.78 is 10.9. The summed E-state index contributed by atoms with van der Waals surface area (Å²) in [6, 6.07) is 14.6. The molecular weight excluding hydrogens is 326 g/mol. The van der Waals surface area contributed by atoms with Crippen LogP contribution in [0.2, 0.25) is 0 Å². The molecule has 134 valence electrons. The molecule has 0 amide bonds. The predicted molar refractivity (Wildman–Crippen MR) is 101 cm³/mol. The van der Waals surface area contributed by atoms with Crippen molar-refractivity contribution in [2.75, 3.05) is 20.8 Å². The fourth-order valence-electron chi connectivity index (χ4n) is 3.60. The molecule has 2 aromatic carbocycles. The van der Waals surface area contributed by atoms with Crippen molar-refractivity contribution in [3.63, 3.8) is 0 Å². The summed E-state index contributed by atoms with van der Waals surface area (Å²) in [5.74, 6) is 1.60. The first-order valence-electron chi connectivity index (χ1n) is 8.82. The number of ether oxygens (including phenoxy) is 2. The lowest BCUT2D eigenvalue weighted by molar-refractivity contribution is 0.244. The first-order valence-corrected chi connectivity index (χ1v) is 8.82. The quantitative estimate of drug-likeness (QED) is 0.764. The lowest BCUT2D eigenvalue weighted by Gasteiger charge is -2.29. The fraction of sp³-hybridized carbons (Fsp3) is 0.286. The van der Waals surface area contributed by atoms with Crippen molar-refractivity contribution in [2.24, 2.45) is 0 Å². The molecule has 0 fully saturated rings. The molecule has 1 aromatic heterocycles. The van der Waals surface area contributed by atoms with Gasteiger partial charge in [-0.15, -0.1) is 0 Å². The van der Waals surface area contributed by atoms with Crippen LogP contribution >= 0.6 is 0 Å². The Balaban J connectivity index is 1.55. The number of benzene rings is 2. The number of aromatic nitrogens is 2. The van der Waals surface area contributed by atoms with Crippen molar-refractivity contribution in [3.05, 3.63) is 65.4 Å². The van der Waals surface area contributed by atoms with Gasteiger partial charge in [-0.3, -0.25) is 10.00 Å². The van der Waals surface area contributed by atoms with E-state index in [1.165, 1.54) is 22.3 Å². The van der Waals surface area contributed by atoms with Gasteiger partial charge in [-0.1, -0.05) is 30.3 Å². The monoisotopic (exact) mass is 349 g/mol. The van der Waals surface area contributed by atoms with Crippen LogP contribution in [-0.4, -0.2) is 35.9 Å². The molecule has 1 N–H and O–H groups in total. The molecule has 0 atom stereocenters. The van der Waals surface area contributed by atoms with Crippen molar-refractivity contribution in [1.29, 1.82) is 0 Å². The number of methoxy groups -OCH3 is 2. The smallest absolute Gasteiger partial charge is 0.161 e. The van der Waals surface area contributed by atoms with Crippen molar-refractivity contribution in [1.82, 2.24) is 15.1 Å². The average Bonchev–Trinajstić information content (AvgIpc) is 3.15. The van der Waals surface area contributed by atoms with Crippen LogP contribution in [0.3, 0.4) is 0 Å². The lowest BCUT2D eigenvalue weighted by Crippen LogP contribution is -2.30. The van der Waals surface area contributed by atoms with Crippen LogP contribution in [0.25, 0.3) is 11.3 Å². The molecule has 0 saturated carbocycles. The summed E-state index contributed by atoms with van der Waals surface area (Å²) in [5.41, 5.74) is 6.14. The number of hydrogen-bond acceptors (Lipinski definition) is 4. The normalized spacial score (nSPS) is 14.1. The van der Waals surface area contributed by atoms with Gasteiger partial charge in [-0.25, -0.2) is 0 Å². The summed E-state index contributed by atoms with van der Waals surface area (Å²) in [6.45, 7) is 2.78. The minimum atomic E-state index is 0.793. The third-order valence-corrected chi connectivity index (χ3v) is 4.97. The first-order chi connectivity index (χ1) is 12.8. The Morgan fingerprint density at radius 2 is 1.77 bits per heavy atom. The topological polar surface area (TPSA) is 50.4 Å². The number of rotatable bonds is 5. The van der Waals surface area contributed by atoms with Gasteiger partial charge in [0.15, 0.2) is 11.5 Å². The molecule has 0 spiro atoms. The van der Waals surface area contributed by atoms with E-state index in [9.17, 15) is 0 Å². The second-order valence-electron chi connectivity index (χ2n) is 6.57. The average molecular weight is 349 g/mol. The minimum Gasteiger partial charge on any atom is -0.493 e. The van der Waals surface area contributed by atoms with E-state index in [0.717, 1.165) is 43.2 Å². The molecule has 5 heteroatoms. The van der Waals surface area contributed by atoms with Crippen LogP contribution in [0.1, 0.15) is 16.7 Å². The second kappa shape index (κ2) is 7.22. The van der Waals surface area contributed by atoms with E-state index in [-0.39, 0.29) is 0 Å². The summed E-state index contributed by atoms with van der Waals surface area (Å²) in [7, 11) is 3.37. The van der Waals surface area contributed by atoms with Gasteiger partial charge in [0, 0.05) is 25.2 Å². The Labute approximate surface area is 153 Å². The molecule has 0 saturated heterocycles. The molecule has 3 aromatic rings. The maximum Gasteiger partial charge on any atom is 0.161 e. The fourth-order valence-corrected chi connectivity index (χ4v) is 3.60. The second-order valence-corrected chi connectivity index (χ2v) is 6.57. The SMILES string of the molecule is COc1cc2c(cc1OC)CN(Cc1cn[nH]c1-c1ccccc1)CC2. The van der Waals surface area contributed by atoms with Crippen LogP contribution in [-0.2, 0) is 19.5 Å². The molecule has 0 aliphatic carbocycles. The van der Waals surface area contributed by atoms with Crippen molar-refractivity contribution in [2.45, 2.75) is 19.5 Å². The number of hydrogen-bond donors (Lipinski definition) is 1. The summed E-state index contributed by atoms with van der Waals surface area (Å²) in [4.78, 5) is 2.45. The van der Waals surface area contributed by atoms with Gasteiger partial charge in [0.05, 0.1) is 26.1 Å². The van der Waals surface area contributed by atoms with Gasteiger partial charge in [0.2, 0.25) is 0 Å². The third-order valence-electron chi connectivity index (χ3n) is 4.97. The summed E-state index contributed by atoms with van der Waals surface area (Å²) >= 11 is 0. The molecular formula is C21H23N3O2. The van der Waals surface area contributed by atoms with Crippen molar-refractivity contribution < 1.29 is 9.47 Å². The zero-order valence-corrected chi connectivity index (χ0v) is 15.2. The molecule has 2 heterocycles. The maximum absolute atomic E-state index is 5.46. The maximum atomic E-state index is 5.46. The Morgan fingerprint density at radius 3 is 2.50 bits per heavy atom. The Hall–Kier alpha value is -2.79. The number of nitrogens with zero attached hydrogens (tertiary/aromatic N) is 2. The van der Waals surface area contributed by atoms with Gasteiger partial charge in [0.1, 0.15) is 0 Å². The van der Waals surface area contributed by atoms with Gasteiger partial charge in [-0.2, -0.15) is 5.10 Å².